The smallest absolute Gasteiger partial charge is 0.289 e. The fourth-order valence-corrected chi connectivity index (χ4v) is 4.15. The molecule has 0 saturated carbocycles. The Morgan fingerprint density at radius 2 is 1.82 bits per heavy atom. The highest BCUT2D eigenvalue weighted by molar-refractivity contribution is 6.31. The third-order valence-corrected chi connectivity index (χ3v) is 5.78. The zero-order valence-corrected chi connectivity index (χ0v) is 16.5. The number of nitrogens with one attached hydrogen (secondary N) is 1. The van der Waals surface area contributed by atoms with Gasteiger partial charge in [-0.1, -0.05) is 11.6 Å². The predicted octanol–water partition coefficient (Wildman–Crippen LogP) is 4.02. The highest BCUT2D eigenvalue weighted by Crippen LogP contribution is 2.32. The fourth-order valence-electron chi connectivity index (χ4n) is 3.98. The van der Waals surface area contributed by atoms with Gasteiger partial charge in [-0.3, -0.25) is 9.59 Å². The van der Waals surface area contributed by atoms with Crippen LogP contribution in [-0.2, 0) is 4.79 Å². The number of piperidine rings is 1. The topological polar surface area (TPSA) is 65.8 Å². The molecule has 0 spiro atoms. The molecule has 0 unspecified atom stereocenters. The van der Waals surface area contributed by atoms with E-state index in [1.54, 1.807) is 17.0 Å². The van der Waals surface area contributed by atoms with Gasteiger partial charge in [0.05, 0.1) is 17.6 Å². The zero-order chi connectivity index (χ0) is 19.5. The number of carbonyl (C=O) groups is 2. The maximum Gasteiger partial charge on any atom is 0.289 e. The van der Waals surface area contributed by atoms with Crippen molar-refractivity contribution in [2.45, 2.75) is 25.7 Å². The molecule has 1 aromatic heterocycles. The second kappa shape index (κ2) is 8.27. The van der Waals surface area contributed by atoms with Crippen LogP contribution in [-0.4, -0.2) is 42.9 Å². The molecule has 1 aromatic carbocycles. The third kappa shape index (κ3) is 4.02. The molecule has 3 heterocycles. The van der Waals surface area contributed by atoms with Gasteiger partial charge in [-0.25, -0.2) is 0 Å². The van der Waals surface area contributed by atoms with E-state index in [-0.39, 0.29) is 17.7 Å². The summed E-state index contributed by atoms with van der Waals surface area (Å²) in [5, 5.41) is 3.69. The number of nitrogens with zero attached hydrogens (tertiary/aromatic N) is 2. The Hall–Kier alpha value is -2.47. The van der Waals surface area contributed by atoms with E-state index in [9.17, 15) is 9.59 Å². The van der Waals surface area contributed by atoms with Crippen LogP contribution in [0.3, 0.4) is 0 Å². The SMILES string of the molecule is O=C(Nc1cc(Cl)ccc1N1CCCC1)C1CCN(C(=O)c2ccco2)CC1. The number of carbonyl (C=O) groups excluding carboxylic acids is 2. The summed E-state index contributed by atoms with van der Waals surface area (Å²) >= 11 is 6.17. The first-order chi connectivity index (χ1) is 13.6. The van der Waals surface area contributed by atoms with Crippen LogP contribution < -0.4 is 10.2 Å². The Morgan fingerprint density at radius 3 is 2.50 bits per heavy atom. The maximum absolute atomic E-state index is 12.9. The summed E-state index contributed by atoms with van der Waals surface area (Å²) < 4.78 is 5.19. The van der Waals surface area contributed by atoms with Crippen molar-refractivity contribution >= 4 is 34.8 Å². The Labute approximate surface area is 169 Å². The van der Waals surface area contributed by atoms with Crippen LogP contribution in [0.15, 0.2) is 41.0 Å². The number of hydrogen-bond donors (Lipinski definition) is 1. The van der Waals surface area contributed by atoms with E-state index in [4.69, 9.17) is 16.0 Å². The summed E-state index contributed by atoms with van der Waals surface area (Å²) in [5.41, 5.74) is 1.80. The second-order valence-corrected chi connectivity index (χ2v) is 7.83. The zero-order valence-electron chi connectivity index (χ0n) is 15.7. The molecule has 2 aromatic rings. The third-order valence-electron chi connectivity index (χ3n) is 5.55. The normalized spacial score (nSPS) is 17.8. The predicted molar refractivity (Wildman–Crippen MR) is 109 cm³/mol. The van der Waals surface area contributed by atoms with Crippen molar-refractivity contribution in [2.75, 3.05) is 36.4 Å². The number of furan rings is 1. The van der Waals surface area contributed by atoms with E-state index in [1.165, 1.54) is 6.26 Å². The van der Waals surface area contributed by atoms with Crippen LogP contribution in [0.4, 0.5) is 11.4 Å². The highest BCUT2D eigenvalue weighted by atomic mass is 35.5. The van der Waals surface area contributed by atoms with Gasteiger partial charge < -0.3 is 19.5 Å². The first kappa shape index (κ1) is 18.9. The minimum atomic E-state index is -0.119. The number of halogens is 1. The fraction of sp³-hybridized carbons (Fsp3) is 0.429. The lowest BCUT2D eigenvalue weighted by Crippen LogP contribution is -2.41. The van der Waals surface area contributed by atoms with Gasteiger partial charge in [0.25, 0.3) is 5.91 Å². The van der Waals surface area contributed by atoms with Gasteiger partial charge in [0.2, 0.25) is 5.91 Å². The van der Waals surface area contributed by atoms with Crippen molar-refractivity contribution in [3.05, 3.63) is 47.4 Å². The van der Waals surface area contributed by atoms with E-state index in [0.29, 0.717) is 36.7 Å². The molecular formula is C21H24ClN3O3. The summed E-state index contributed by atoms with van der Waals surface area (Å²) in [4.78, 5) is 29.3. The molecule has 0 radical (unpaired) electrons. The molecule has 0 atom stereocenters. The van der Waals surface area contributed by atoms with Gasteiger partial charge in [0.1, 0.15) is 0 Å². The summed E-state index contributed by atoms with van der Waals surface area (Å²) in [6, 6.07) is 9.04. The molecule has 1 N–H and O–H groups in total. The summed E-state index contributed by atoms with van der Waals surface area (Å²) in [7, 11) is 0. The van der Waals surface area contributed by atoms with Crippen LogP contribution in [0.2, 0.25) is 5.02 Å². The van der Waals surface area contributed by atoms with Crippen LogP contribution in [0, 0.1) is 5.92 Å². The van der Waals surface area contributed by atoms with Gasteiger partial charge in [-0.15, -0.1) is 0 Å². The second-order valence-electron chi connectivity index (χ2n) is 7.39. The van der Waals surface area contributed by atoms with Crippen molar-refractivity contribution in [2.24, 2.45) is 5.92 Å². The minimum Gasteiger partial charge on any atom is -0.459 e. The molecule has 2 amide bonds. The Balaban J connectivity index is 1.38. The molecular weight excluding hydrogens is 378 g/mol. The first-order valence-corrected chi connectivity index (χ1v) is 10.2. The van der Waals surface area contributed by atoms with E-state index >= 15 is 0 Å². The monoisotopic (exact) mass is 401 g/mol. The van der Waals surface area contributed by atoms with E-state index < -0.39 is 0 Å². The van der Waals surface area contributed by atoms with Gasteiger partial charge in [-0.2, -0.15) is 0 Å². The largest absolute Gasteiger partial charge is 0.459 e. The van der Waals surface area contributed by atoms with E-state index in [1.807, 2.05) is 18.2 Å². The van der Waals surface area contributed by atoms with Crippen molar-refractivity contribution in [1.82, 2.24) is 4.90 Å². The average molecular weight is 402 g/mol. The number of hydrogen-bond acceptors (Lipinski definition) is 4. The van der Waals surface area contributed by atoms with E-state index in [2.05, 4.69) is 10.2 Å². The Morgan fingerprint density at radius 1 is 1.07 bits per heavy atom. The quantitative estimate of drug-likeness (QED) is 0.840. The van der Waals surface area contributed by atoms with Gasteiger partial charge in [0, 0.05) is 37.1 Å². The molecule has 2 fully saturated rings. The van der Waals surface area contributed by atoms with Crippen LogP contribution >= 0.6 is 11.6 Å². The van der Waals surface area contributed by atoms with Crippen LogP contribution in [0.25, 0.3) is 0 Å². The van der Waals surface area contributed by atoms with Gasteiger partial charge in [0.15, 0.2) is 5.76 Å². The molecule has 7 heteroatoms. The summed E-state index contributed by atoms with van der Waals surface area (Å²) in [6.07, 6.45) is 5.10. The maximum atomic E-state index is 12.9. The summed E-state index contributed by atoms with van der Waals surface area (Å²) in [6.45, 7) is 3.09. The number of anilines is 2. The van der Waals surface area contributed by atoms with Crippen LogP contribution in [0.1, 0.15) is 36.2 Å². The standard InChI is InChI=1S/C21H24ClN3O3/c22-16-5-6-18(24-9-1-2-10-24)17(14-16)23-20(26)15-7-11-25(12-8-15)21(27)19-4-3-13-28-19/h3-6,13-15H,1-2,7-12H2,(H,23,26). The van der Waals surface area contributed by atoms with E-state index in [0.717, 1.165) is 37.3 Å². The van der Waals surface area contributed by atoms with Crippen molar-refractivity contribution in [3.8, 4) is 0 Å². The number of amides is 2. The molecule has 148 valence electrons. The molecule has 0 bridgehead atoms. The Kier molecular flexibility index (Phi) is 5.57. The van der Waals surface area contributed by atoms with Crippen molar-refractivity contribution < 1.29 is 14.0 Å². The Bertz CT molecular complexity index is 839. The average Bonchev–Trinajstić information content (AvgIpc) is 3.42. The lowest BCUT2D eigenvalue weighted by atomic mass is 9.95. The molecule has 0 aliphatic carbocycles. The molecule has 2 aliphatic heterocycles. The highest BCUT2D eigenvalue weighted by Gasteiger charge is 2.29. The number of rotatable bonds is 4. The van der Waals surface area contributed by atoms with Gasteiger partial charge in [-0.05, 0) is 56.0 Å². The molecule has 6 nitrogen and oxygen atoms in total. The lowest BCUT2D eigenvalue weighted by molar-refractivity contribution is -0.121. The van der Waals surface area contributed by atoms with Crippen molar-refractivity contribution in [3.63, 3.8) is 0 Å². The molecule has 28 heavy (non-hydrogen) atoms. The molecule has 2 aliphatic rings. The number of likely N-dealkylation sites (tertiary alicyclic amines) is 1. The minimum absolute atomic E-state index is 0.00666. The van der Waals surface area contributed by atoms with Gasteiger partial charge >= 0.3 is 0 Å². The lowest BCUT2D eigenvalue weighted by Gasteiger charge is -2.31. The first-order valence-electron chi connectivity index (χ1n) is 9.80. The molecule has 4 rings (SSSR count). The molecule has 2 saturated heterocycles. The summed E-state index contributed by atoms with van der Waals surface area (Å²) in [5.74, 6) is 0.103. The van der Waals surface area contributed by atoms with Crippen molar-refractivity contribution in [1.29, 1.82) is 0 Å². The number of benzene rings is 1. The van der Waals surface area contributed by atoms with Crippen LogP contribution in [0.5, 0.6) is 0 Å².